The molecule has 0 unspecified atom stereocenters. The van der Waals surface area contributed by atoms with Gasteiger partial charge >= 0.3 is 5.97 Å². The molecule has 0 radical (unpaired) electrons. The number of amides is 1. The van der Waals surface area contributed by atoms with Gasteiger partial charge in [0.05, 0.1) is 11.5 Å². The van der Waals surface area contributed by atoms with Crippen molar-refractivity contribution in [2.75, 3.05) is 18.5 Å². The number of esters is 1. The van der Waals surface area contributed by atoms with Gasteiger partial charge in [-0.05, 0) is 54.8 Å². The largest absolute Gasteiger partial charge is 0.482 e. The molecular formula is C22H24N2O4S. The summed E-state index contributed by atoms with van der Waals surface area (Å²) in [6.07, 6.45) is 2.83. The highest BCUT2D eigenvalue weighted by Crippen LogP contribution is 2.30. The third kappa shape index (κ3) is 6.02. The van der Waals surface area contributed by atoms with Gasteiger partial charge in [-0.3, -0.25) is 4.79 Å². The Morgan fingerprint density at radius 3 is 2.52 bits per heavy atom. The topological polar surface area (TPSA) is 76.7 Å². The molecule has 0 aromatic heterocycles. The molecule has 0 saturated carbocycles. The second kappa shape index (κ2) is 10.0. The average molecular weight is 413 g/mol. The molecule has 2 N–H and O–H groups in total. The van der Waals surface area contributed by atoms with E-state index >= 15 is 0 Å². The maximum absolute atomic E-state index is 12.3. The number of carbonyl (C=O) groups excluding carboxylic acids is 2. The number of ether oxygens (including phenoxy) is 2. The summed E-state index contributed by atoms with van der Waals surface area (Å²) in [5, 5.41) is 6.24. The Bertz CT molecular complexity index is 879. The minimum Gasteiger partial charge on any atom is -0.482 e. The number of nitrogens with one attached hydrogen (secondary N) is 2. The lowest BCUT2D eigenvalue weighted by molar-refractivity contribution is -0.145. The fraction of sp³-hybridized carbons (Fsp3) is 0.273. The van der Waals surface area contributed by atoms with Crippen LogP contribution in [-0.4, -0.2) is 30.6 Å². The molecule has 1 aliphatic rings. The highest BCUT2D eigenvalue weighted by molar-refractivity contribution is 8.05. The average Bonchev–Trinajstić information content (AvgIpc) is 3.07. The molecule has 1 saturated heterocycles. The van der Waals surface area contributed by atoms with E-state index in [1.54, 1.807) is 19.1 Å². The zero-order chi connectivity index (χ0) is 20.6. The first-order chi connectivity index (χ1) is 14.1. The molecule has 3 rings (SSSR count). The Balaban J connectivity index is 1.57. The summed E-state index contributed by atoms with van der Waals surface area (Å²) < 4.78 is 10.2. The van der Waals surface area contributed by atoms with E-state index < -0.39 is 5.97 Å². The SMILES string of the molecule is CCOC(=O)COc1ccc(/C=C2\S[C@@H](Nc3ccc(CC)cc3)NC2=O)cc1. The van der Waals surface area contributed by atoms with Gasteiger partial charge in [-0.2, -0.15) is 0 Å². The van der Waals surface area contributed by atoms with Gasteiger partial charge in [-0.1, -0.05) is 43.0 Å². The molecule has 0 bridgehead atoms. The number of carbonyl (C=O) groups is 2. The third-order valence-electron chi connectivity index (χ3n) is 4.23. The van der Waals surface area contributed by atoms with Crippen LogP contribution in [0.15, 0.2) is 53.4 Å². The van der Waals surface area contributed by atoms with Crippen molar-refractivity contribution in [2.45, 2.75) is 25.8 Å². The normalized spacial score (nSPS) is 17.1. The van der Waals surface area contributed by atoms with Gasteiger partial charge in [0, 0.05) is 5.69 Å². The Hall–Kier alpha value is -2.93. The van der Waals surface area contributed by atoms with E-state index in [-0.39, 0.29) is 18.0 Å². The van der Waals surface area contributed by atoms with Crippen molar-refractivity contribution in [3.8, 4) is 5.75 Å². The van der Waals surface area contributed by atoms with Gasteiger partial charge in [0.15, 0.2) is 12.1 Å². The smallest absolute Gasteiger partial charge is 0.344 e. The van der Waals surface area contributed by atoms with Crippen molar-refractivity contribution in [1.29, 1.82) is 0 Å². The molecule has 1 aliphatic heterocycles. The summed E-state index contributed by atoms with van der Waals surface area (Å²) in [6.45, 7) is 4.07. The lowest BCUT2D eigenvalue weighted by atomic mass is 10.1. The van der Waals surface area contributed by atoms with Crippen LogP contribution in [0, 0.1) is 0 Å². The molecule has 1 amide bonds. The van der Waals surface area contributed by atoms with Crippen LogP contribution >= 0.6 is 11.8 Å². The molecule has 7 heteroatoms. The molecule has 152 valence electrons. The molecule has 1 fully saturated rings. The summed E-state index contributed by atoms with van der Waals surface area (Å²) >= 11 is 1.44. The molecule has 1 heterocycles. The maximum Gasteiger partial charge on any atom is 0.344 e. The number of anilines is 1. The second-order valence-corrected chi connectivity index (χ2v) is 7.48. The number of thioether (sulfide) groups is 1. The van der Waals surface area contributed by atoms with Crippen molar-refractivity contribution < 1.29 is 19.1 Å². The van der Waals surface area contributed by atoms with E-state index in [1.807, 2.05) is 30.3 Å². The Labute approximate surface area is 174 Å². The van der Waals surface area contributed by atoms with Crippen molar-refractivity contribution >= 4 is 35.4 Å². The Kier molecular flexibility index (Phi) is 7.19. The molecule has 1 atom stereocenters. The van der Waals surface area contributed by atoms with Gasteiger partial charge in [0.25, 0.3) is 5.91 Å². The van der Waals surface area contributed by atoms with Gasteiger partial charge in [0.1, 0.15) is 5.75 Å². The summed E-state index contributed by atoms with van der Waals surface area (Å²) in [6, 6.07) is 15.4. The number of hydrogen-bond donors (Lipinski definition) is 2. The minimum absolute atomic E-state index is 0.111. The van der Waals surface area contributed by atoms with E-state index in [0.717, 1.165) is 17.7 Å². The first-order valence-corrected chi connectivity index (χ1v) is 10.4. The molecule has 2 aromatic rings. The number of rotatable bonds is 8. The summed E-state index contributed by atoms with van der Waals surface area (Å²) in [5.74, 6) is 0.0553. The van der Waals surface area contributed by atoms with Gasteiger partial charge < -0.3 is 20.1 Å². The first kappa shape index (κ1) is 20.8. The van der Waals surface area contributed by atoms with Crippen LogP contribution in [0.2, 0.25) is 0 Å². The standard InChI is InChI=1S/C22H24N2O4S/c1-3-15-5-9-17(10-6-15)23-22-24-21(26)19(29-22)13-16-7-11-18(12-8-16)28-14-20(25)27-4-2/h5-13,22-23H,3-4,14H2,1-2H3,(H,24,26)/b19-13-/t22-/m0/s1. The fourth-order valence-corrected chi connectivity index (χ4v) is 3.69. The van der Waals surface area contributed by atoms with Crippen molar-refractivity contribution in [2.24, 2.45) is 0 Å². The van der Waals surface area contributed by atoms with Crippen molar-refractivity contribution in [3.05, 3.63) is 64.6 Å². The molecule has 0 aliphatic carbocycles. The highest BCUT2D eigenvalue weighted by Gasteiger charge is 2.27. The Morgan fingerprint density at radius 1 is 1.14 bits per heavy atom. The number of benzene rings is 2. The second-order valence-electron chi connectivity index (χ2n) is 6.34. The third-order valence-corrected chi connectivity index (χ3v) is 5.26. The van der Waals surface area contributed by atoms with Gasteiger partial charge in [-0.15, -0.1) is 0 Å². The first-order valence-electron chi connectivity index (χ1n) is 9.50. The molecular weight excluding hydrogens is 388 g/mol. The molecule has 6 nitrogen and oxygen atoms in total. The van der Waals surface area contributed by atoms with Crippen LogP contribution in [0.1, 0.15) is 25.0 Å². The summed E-state index contributed by atoms with van der Waals surface area (Å²) in [4.78, 5) is 24.2. The lowest BCUT2D eigenvalue weighted by Crippen LogP contribution is -2.30. The van der Waals surface area contributed by atoms with Crippen molar-refractivity contribution in [1.82, 2.24) is 5.32 Å². The van der Waals surface area contributed by atoms with Crippen LogP contribution in [0.5, 0.6) is 5.75 Å². The van der Waals surface area contributed by atoms with E-state index in [9.17, 15) is 9.59 Å². The lowest BCUT2D eigenvalue weighted by Gasteiger charge is -2.12. The Morgan fingerprint density at radius 2 is 1.86 bits per heavy atom. The van der Waals surface area contributed by atoms with Crippen LogP contribution < -0.4 is 15.4 Å². The molecule has 29 heavy (non-hydrogen) atoms. The van der Waals surface area contributed by atoms with E-state index in [1.165, 1.54) is 17.3 Å². The van der Waals surface area contributed by atoms with Crippen LogP contribution in [0.25, 0.3) is 6.08 Å². The number of aryl methyl sites for hydroxylation is 1. The van der Waals surface area contributed by atoms with Crippen LogP contribution in [0.4, 0.5) is 5.69 Å². The van der Waals surface area contributed by atoms with Crippen LogP contribution in [0.3, 0.4) is 0 Å². The highest BCUT2D eigenvalue weighted by atomic mass is 32.2. The zero-order valence-corrected chi connectivity index (χ0v) is 17.3. The van der Waals surface area contributed by atoms with Crippen LogP contribution in [-0.2, 0) is 20.7 Å². The summed E-state index contributed by atoms with van der Waals surface area (Å²) in [5.41, 5.74) is 2.89. The predicted octanol–water partition coefficient (Wildman–Crippen LogP) is 3.79. The molecule has 0 spiro atoms. The summed E-state index contributed by atoms with van der Waals surface area (Å²) in [7, 11) is 0. The zero-order valence-electron chi connectivity index (χ0n) is 16.4. The van der Waals surface area contributed by atoms with Gasteiger partial charge in [0.2, 0.25) is 0 Å². The van der Waals surface area contributed by atoms with Crippen molar-refractivity contribution in [3.63, 3.8) is 0 Å². The van der Waals surface area contributed by atoms with E-state index in [0.29, 0.717) is 17.3 Å². The monoisotopic (exact) mass is 412 g/mol. The minimum atomic E-state index is -0.402. The fourth-order valence-electron chi connectivity index (χ4n) is 2.71. The van der Waals surface area contributed by atoms with Gasteiger partial charge in [-0.25, -0.2) is 4.79 Å². The maximum atomic E-state index is 12.3. The predicted molar refractivity (Wildman–Crippen MR) is 116 cm³/mol. The quantitative estimate of drug-likeness (QED) is 0.507. The molecule has 2 aromatic carbocycles. The van der Waals surface area contributed by atoms with E-state index in [2.05, 4.69) is 29.7 Å². The van der Waals surface area contributed by atoms with E-state index in [4.69, 9.17) is 9.47 Å². The number of hydrogen-bond acceptors (Lipinski definition) is 6.